The fraction of sp³-hybridized carbons (Fsp3) is 0. The van der Waals surface area contributed by atoms with Crippen LogP contribution in [-0.2, 0) is 0 Å². The molecule has 0 amide bonds. The lowest BCUT2D eigenvalue weighted by molar-refractivity contribution is 0.403. The van der Waals surface area contributed by atoms with Crippen LogP contribution in [0.1, 0.15) is 0 Å². The van der Waals surface area contributed by atoms with Gasteiger partial charge in [0.15, 0.2) is 17.2 Å². The van der Waals surface area contributed by atoms with Gasteiger partial charge in [0.25, 0.3) is 0 Å². The van der Waals surface area contributed by atoms with Gasteiger partial charge in [0.1, 0.15) is 11.3 Å². The summed E-state index contributed by atoms with van der Waals surface area (Å²) in [5.74, 6) is -0.621. The van der Waals surface area contributed by atoms with E-state index in [4.69, 9.17) is 4.42 Å². The van der Waals surface area contributed by atoms with Crippen molar-refractivity contribution in [3.05, 3.63) is 40.6 Å². The third-order valence-electron chi connectivity index (χ3n) is 2.73. The van der Waals surface area contributed by atoms with Crippen molar-refractivity contribution in [1.29, 1.82) is 0 Å². The summed E-state index contributed by atoms with van der Waals surface area (Å²) >= 11 is 0. The van der Waals surface area contributed by atoms with Crippen molar-refractivity contribution in [2.45, 2.75) is 0 Å². The molecule has 0 aromatic heterocycles. The number of fused-ring (bicyclic) bond motifs is 2. The van der Waals surface area contributed by atoms with Crippen molar-refractivity contribution < 1.29 is 19.7 Å². The molecular weight excluding hydrogens is 236 g/mol. The predicted molar refractivity (Wildman–Crippen MR) is 64.1 cm³/mol. The van der Waals surface area contributed by atoms with Gasteiger partial charge in [0, 0.05) is 23.1 Å². The topological polar surface area (TPSA) is 90.9 Å². The van der Waals surface area contributed by atoms with E-state index in [1.54, 1.807) is 6.07 Å². The molecule has 2 aliphatic rings. The van der Waals surface area contributed by atoms with Crippen molar-refractivity contribution >= 4 is 11.0 Å². The minimum Gasteiger partial charge on any atom is -0.504 e. The Labute approximate surface area is 100 Å². The lowest BCUT2D eigenvalue weighted by atomic mass is 10.1. The Morgan fingerprint density at radius 2 is 1.56 bits per heavy atom. The summed E-state index contributed by atoms with van der Waals surface area (Å²) in [6, 6.07) is 6.72. The van der Waals surface area contributed by atoms with Crippen LogP contribution >= 0.6 is 0 Å². The number of phenols is 3. The van der Waals surface area contributed by atoms with Gasteiger partial charge in [-0.1, -0.05) is 0 Å². The Morgan fingerprint density at radius 3 is 2.33 bits per heavy atom. The molecule has 0 unspecified atom stereocenters. The fourth-order valence-corrected chi connectivity index (χ4v) is 1.83. The smallest absolute Gasteiger partial charge is 0.223 e. The molecule has 1 aliphatic heterocycles. The van der Waals surface area contributed by atoms with E-state index in [9.17, 15) is 20.1 Å². The molecule has 90 valence electrons. The molecule has 0 radical (unpaired) electrons. The van der Waals surface area contributed by atoms with Crippen LogP contribution in [0, 0.1) is 0 Å². The van der Waals surface area contributed by atoms with Crippen molar-refractivity contribution in [3.8, 4) is 28.6 Å². The molecule has 5 heteroatoms. The number of phenolic OH excluding ortho intramolecular Hbond substituents is 3. The van der Waals surface area contributed by atoms with E-state index >= 15 is 0 Å². The molecular formula is C13H8O5. The highest BCUT2D eigenvalue weighted by Crippen LogP contribution is 2.34. The minimum absolute atomic E-state index is 0.262. The second-order valence-electron chi connectivity index (χ2n) is 3.98. The van der Waals surface area contributed by atoms with Gasteiger partial charge in [0.05, 0.1) is 0 Å². The Morgan fingerprint density at radius 1 is 0.833 bits per heavy atom. The zero-order chi connectivity index (χ0) is 12.9. The second kappa shape index (κ2) is 3.40. The summed E-state index contributed by atoms with van der Waals surface area (Å²) in [7, 11) is 0. The predicted octanol–water partition coefficient (Wildman–Crippen LogP) is 2.01. The highest BCUT2D eigenvalue weighted by atomic mass is 16.3. The zero-order valence-corrected chi connectivity index (χ0v) is 9.04. The van der Waals surface area contributed by atoms with E-state index in [0.717, 1.165) is 0 Å². The van der Waals surface area contributed by atoms with Gasteiger partial charge < -0.3 is 19.7 Å². The molecule has 0 fully saturated rings. The van der Waals surface area contributed by atoms with Crippen LogP contribution in [0.15, 0.2) is 39.5 Å². The highest BCUT2D eigenvalue weighted by Gasteiger charge is 2.12. The first-order chi connectivity index (χ1) is 8.54. The monoisotopic (exact) mass is 244 g/mol. The maximum absolute atomic E-state index is 11.3. The van der Waals surface area contributed by atoms with Gasteiger partial charge in [0.2, 0.25) is 5.43 Å². The first kappa shape index (κ1) is 10.5. The number of benzene rings is 2. The Kier molecular flexibility index (Phi) is 1.98. The first-order valence-electron chi connectivity index (χ1n) is 5.17. The third kappa shape index (κ3) is 1.45. The Bertz CT molecular complexity index is 787. The van der Waals surface area contributed by atoms with Gasteiger partial charge in [-0.25, -0.2) is 0 Å². The summed E-state index contributed by atoms with van der Waals surface area (Å²) in [5, 5.41) is 28.7. The standard InChI is InChI=1S/C13H8O5/c14-8-2-6-1-7-3-9(15)11(17)5-13(7)18-12(6)4-10(8)16/h1-5,14-16H. The molecule has 0 spiro atoms. The Balaban J connectivity index is 2.45. The summed E-state index contributed by atoms with van der Waals surface area (Å²) in [6.07, 6.45) is 0. The molecule has 3 N–H and O–H groups in total. The first-order valence-corrected chi connectivity index (χ1v) is 5.17. The Hall–Kier alpha value is -2.69. The molecule has 1 heterocycles. The molecule has 1 aromatic carbocycles. The molecule has 0 saturated heterocycles. The van der Waals surface area contributed by atoms with Crippen molar-refractivity contribution in [1.82, 2.24) is 0 Å². The van der Waals surface area contributed by atoms with Gasteiger partial charge >= 0.3 is 0 Å². The molecule has 18 heavy (non-hydrogen) atoms. The molecule has 0 atom stereocenters. The quantitative estimate of drug-likeness (QED) is 0.415. The number of rotatable bonds is 0. The summed E-state index contributed by atoms with van der Waals surface area (Å²) in [4.78, 5) is 11.3. The largest absolute Gasteiger partial charge is 0.504 e. The van der Waals surface area contributed by atoms with E-state index in [1.165, 1.54) is 24.3 Å². The summed E-state index contributed by atoms with van der Waals surface area (Å²) < 4.78 is 5.44. The normalized spacial score (nSPS) is 11.1. The lowest BCUT2D eigenvalue weighted by Crippen LogP contribution is -1.99. The van der Waals surface area contributed by atoms with Gasteiger partial charge in [-0.05, 0) is 18.2 Å². The molecule has 1 aromatic rings. The summed E-state index contributed by atoms with van der Waals surface area (Å²) in [6.45, 7) is 0. The minimum atomic E-state index is -0.534. The lowest BCUT2D eigenvalue weighted by Gasteiger charge is -2.08. The van der Waals surface area contributed by atoms with Crippen molar-refractivity contribution in [2.75, 3.05) is 0 Å². The van der Waals surface area contributed by atoms with Crippen LogP contribution in [0.3, 0.4) is 0 Å². The molecule has 0 saturated carbocycles. The zero-order valence-electron chi connectivity index (χ0n) is 9.04. The van der Waals surface area contributed by atoms with E-state index in [2.05, 4.69) is 0 Å². The average molecular weight is 244 g/mol. The fourth-order valence-electron chi connectivity index (χ4n) is 1.83. The van der Waals surface area contributed by atoms with Gasteiger partial charge in [-0.3, -0.25) is 4.79 Å². The van der Waals surface area contributed by atoms with Crippen LogP contribution in [-0.4, -0.2) is 15.3 Å². The number of aromatic hydroxyl groups is 3. The second-order valence-corrected chi connectivity index (χ2v) is 3.98. The van der Waals surface area contributed by atoms with E-state index in [1.807, 2.05) is 0 Å². The van der Waals surface area contributed by atoms with E-state index in [-0.39, 0.29) is 17.2 Å². The van der Waals surface area contributed by atoms with Crippen molar-refractivity contribution in [2.24, 2.45) is 0 Å². The van der Waals surface area contributed by atoms with Crippen molar-refractivity contribution in [3.63, 3.8) is 0 Å². The highest BCUT2D eigenvalue weighted by molar-refractivity contribution is 5.85. The van der Waals surface area contributed by atoms with E-state index in [0.29, 0.717) is 22.3 Å². The number of hydrogen-bond acceptors (Lipinski definition) is 5. The molecule has 5 nitrogen and oxygen atoms in total. The number of hydrogen-bond donors (Lipinski definition) is 3. The molecule has 1 aliphatic carbocycles. The van der Waals surface area contributed by atoms with Crippen LogP contribution in [0.2, 0.25) is 0 Å². The van der Waals surface area contributed by atoms with Crippen LogP contribution in [0.25, 0.3) is 22.3 Å². The van der Waals surface area contributed by atoms with Gasteiger partial charge in [-0.2, -0.15) is 0 Å². The van der Waals surface area contributed by atoms with Crippen LogP contribution in [0.4, 0.5) is 0 Å². The van der Waals surface area contributed by atoms with Gasteiger partial charge in [-0.15, -0.1) is 0 Å². The maximum atomic E-state index is 11.3. The van der Waals surface area contributed by atoms with Crippen LogP contribution in [0.5, 0.6) is 17.2 Å². The maximum Gasteiger partial charge on any atom is 0.223 e. The summed E-state index contributed by atoms with van der Waals surface area (Å²) in [5.41, 5.74) is 0.334. The third-order valence-corrected chi connectivity index (χ3v) is 2.73. The molecule has 3 rings (SSSR count). The average Bonchev–Trinajstić information content (AvgIpc) is 2.31. The van der Waals surface area contributed by atoms with Crippen LogP contribution < -0.4 is 5.43 Å². The SMILES string of the molecule is O=c1cc2oc3cc(O)c(O)cc3cc-2cc1O. The molecule has 0 bridgehead atoms. The van der Waals surface area contributed by atoms with E-state index < -0.39 is 5.43 Å².